The molecular formula is C12H10BrNO3. The van der Waals surface area contributed by atoms with Crippen LogP contribution in [-0.2, 0) is 4.79 Å². The molecule has 88 valence electrons. The zero-order chi connectivity index (χ0) is 12.4. The largest absolute Gasteiger partial charge is 0.465 e. The molecule has 1 atom stereocenters. The highest BCUT2D eigenvalue weighted by molar-refractivity contribution is 9.10. The molecule has 1 N–H and O–H groups in total. The fourth-order valence-corrected chi connectivity index (χ4v) is 2.05. The van der Waals surface area contributed by atoms with Gasteiger partial charge in [-0.2, -0.15) is 0 Å². The molecule has 1 aromatic carbocycles. The van der Waals surface area contributed by atoms with Gasteiger partial charge in [-0.15, -0.1) is 0 Å². The van der Waals surface area contributed by atoms with Gasteiger partial charge in [-0.1, -0.05) is 28.1 Å². The minimum atomic E-state index is -1.05. The lowest BCUT2D eigenvalue weighted by Crippen LogP contribution is -2.33. The van der Waals surface area contributed by atoms with E-state index in [-0.39, 0.29) is 12.2 Å². The molecular weight excluding hydrogens is 286 g/mol. The Morgan fingerprint density at radius 3 is 2.59 bits per heavy atom. The molecule has 0 bridgehead atoms. The minimum Gasteiger partial charge on any atom is -0.465 e. The topological polar surface area (TPSA) is 57.6 Å². The number of nitrogens with zero attached hydrogens (tertiary/aromatic N) is 1. The van der Waals surface area contributed by atoms with E-state index in [1.807, 2.05) is 24.3 Å². The molecule has 0 saturated heterocycles. The molecule has 0 saturated carbocycles. The first-order chi connectivity index (χ1) is 8.08. The zero-order valence-electron chi connectivity index (χ0n) is 8.84. The van der Waals surface area contributed by atoms with Crippen LogP contribution in [0.5, 0.6) is 0 Å². The summed E-state index contributed by atoms with van der Waals surface area (Å²) in [7, 11) is 0. The smallest absolute Gasteiger partial charge is 0.411 e. The minimum absolute atomic E-state index is 0.0598. The van der Waals surface area contributed by atoms with Crippen molar-refractivity contribution in [3.8, 4) is 0 Å². The van der Waals surface area contributed by atoms with Gasteiger partial charge in [-0.25, -0.2) is 4.79 Å². The number of carboxylic acid groups (broad SMARTS) is 1. The second-order valence-electron chi connectivity index (χ2n) is 3.74. The summed E-state index contributed by atoms with van der Waals surface area (Å²) in [5.41, 5.74) is 0.813. The fraction of sp³-hybridized carbons (Fsp3) is 0.167. The van der Waals surface area contributed by atoms with E-state index in [1.165, 1.54) is 12.3 Å². The Morgan fingerprint density at radius 1 is 1.35 bits per heavy atom. The molecule has 0 radical (unpaired) electrons. The van der Waals surface area contributed by atoms with Crippen LogP contribution in [-0.4, -0.2) is 21.9 Å². The van der Waals surface area contributed by atoms with Crippen molar-refractivity contribution in [2.24, 2.45) is 0 Å². The van der Waals surface area contributed by atoms with Crippen molar-refractivity contribution in [1.82, 2.24) is 4.90 Å². The van der Waals surface area contributed by atoms with Crippen LogP contribution in [0, 0.1) is 0 Å². The lowest BCUT2D eigenvalue weighted by atomic mass is 9.98. The summed E-state index contributed by atoms with van der Waals surface area (Å²) in [5.74, 6) is -0.0598. The summed E-state index contributed by atoms with van der Waals surface area (Å²) in [6.07, 6.45) is 1.75. The predicted octanol–water partition coefficient (Wildman–Crippen LogP) is 2.96. The van der Waals surface area contributed by atoms with Crippen LogP contribution >= 0.6 is 15.9 Å². The van der Waals surface area contributed by atoms with Crippen molar-refractivity contribution in [3.05, 3.63) is 46.6 Å². The first kappa shape index (κ1) is 11.9. The van der Waals surface area contributed by atoms with Gasteiger partial charge in [0.1, 0.15) is 0 Å². The van der Waals surface area contributed by atoms with Gasteiger partial charge in [0.05, 0.1) is 6.04 Å². The number of ketones is 1. The number of amides is 1. The Kier molecular flexibility index (Phi) is 3.28. The Hall–Kier alpha value is -1.62. The van der Waals surface area contributed by atoms with Crippen molar-refractivity contribution < 1.29 is 14.7 Å². The number of rotatable bonds is 1. The molecule has 1 heterocycles. The Bertz CT molecular complexity index is 481. The Balaban J connectivity index is 2.34. The van der Waals surface area contributed by atoms with E-state index in [0.29, 0.717) is 0 Å². The first-order valence-corrected chi connectivity index (χ1v) is 5.85. The predicted molar refractivity (Wildman–Crippen MR) is 65.5 cm³/mol. The molecule has 0 fully saturated rings. The summed E-state index contributed by atoms with van der Waals surface area (Å²) in [5, 5.41) is 9.06. The van der Waals surface area contributed by atoms with Crippen LogP contribution in [0.2, 0.25) is 0 Å². The highest BCUT2D eigenvalue weighted by atomic mass is 79.9. The van der Waals surface area contributed by atoms with Crippen LogP contribution in [0.3, 0.4) is 0 Å². The second-order valence-corrected chi connectivity index (χ2v) is 4.66. The van der Waals surface area contributed by atoms with Crippen molar-refractivity contribution in [2.45, 2.75) is 12.5 Å². The zero-order valence-corrected chi connectivity index (χ0v) is 10.4. The molecule has 0 aromatic heterocycles. The van der Waals surface area contributed by atoms with Gasteiger partial charge in [0.25, 0.3) is 0 Å². The number of benzene rings is 1. The van der Waals surface area contributed by atoms with Gasteiger partial charge in [-0.3, -0.25) is 9.69 Å². The third-order valence-corrected chi connectivity index (χ3v) is 3.16. The monoisotopic (exact) mass is 295 g/mol. The molecule has 1 aliphatic rings. The van der Waals surface area contributed by atoms with Crippen molar-refractivity contribution in [3.63, 3.8) is 0 Å². The van der Waals surface area contributed by atoms with E-state index in [4.69, 9.17) is 5.11 Å². The highest BCUT2D eigenvalue weighted by Gasteiger charge is 2.28. The number of allylic oxidation sites excluding steroid dienone is 1. The molecule has 5 heteroatoms. The molecule has 1 amide bonds. The maximum atomic E-state index is 11.4. The van der Waals surface area contributed by atoms with Gasteiger partial charge in [-0.05, 0) is 23.8 Å². The average molecular weight is 296 g/mol. The summed E-state index contributed by atoms with van der Waals surface area (Å²) in [6.45, 7) is 0. The highest BCUT2D eigenvalue weighted by Crippen LogP contribution is 2.29. The van der Waals surface area contributed by atoms with Gasteiger partial charge in [0.15, 0.2) is 5.78 Å². The summed E-state index contributed by atoms with van der Waals surface area (Å²) >= 11 is 3.31. The van der Waals surface area contributed by atoms with Crippen LogP contribution in [0.25, 0.3) is 0 Å². The summed E-state index contributed by atoms with van der Waals surface area (Å²) in [6, 6.07) is 6.86. The van der Waals surface area contributed by atoms with Gasteiger partial charge >= 0.3 is 6.09 Å². The first-order valence-electron chi connectivity index (χ1n) is 5.05. The molecule has 2 rings (SSSR count). The SMILES string of the molecule is O=C1C=CN(C(=O)O)C(c2ccc(Br)cc2)C1. The van der Waals surface area contributed by atoms with Gasteiger partial charge in [0.2, 0.25) is 0 Å². The lowest BCUT2D eigenvalue weighted by Gasteiger charge is -2.28. The fourth-order valence-electron chi connectivity index (χ4n) is 1.78. The van der Waals surface area contributed by atoms with E-state index in [1.54, 1.807) is 0 Å². The standard InChI is InChI=1S/C12H10BrNO3/c13-9-3-1-8(2-4-9)11-7-10(15)5-6-14(11)12(16)17/h1-6,11H,7H2,(H,16,17). The van der Waals surface area contributed by atoms with Gasteiger partial charge in [0, 0.05) is 17.1 Å². The number of hydrogen-bond donors (Lipinski definition) is 1. The average Bonchev–Trinajstić information content (AvgIpc) is 2.29. The molecule has 1 unspecified atom stereocenters. The molecule has 1 aromatic rings. The second kappa shape index (κ2) is 4.71. The molecule has 0 aliphatic carbocycles. The number of carbonyl (C=O) groups excluding carboxylic acids is 1. The Morgan fingerprint density at radius 2 is 2.00 bits per heavy atom. The van der Waals surface area contributed by atoms with E-state index in [2.05, 4.69) is 15.9 Å². The summed E-state index contributed by atoms with van der Waals surface area (Å²) < 4.78 is 0.917. The molecule has 0 spiro atoms. The number of carbonyl (C=O) groups is 2. The molecule has 4 nitrogen and oxygen atoms in total. The number of halogens is 1. The van der Waals surface area contributed by atoms with Crippen molar-refractivity contribution >= 4 is 27.8 Å². The normalized spacial score (nSPS) is 19.5. The third kappa shape index (κ3) is 2.55. The van der Waals surface area contributed by atoms with Crippen LogP contribution in [0.4, 0.5) is 4.79 Å². The van der Waals surface area contributed by atoms with Crippen molar-refractivity contribution in [1.29, 1.82) is 0 Å². The maximum Gasteiger partial charge on any atom is 0.411 e. The van der Waals surface area contributed by atoms with Crippen LogP contribution in [0.1, 0.15) is 18.0 Å². The number of hydrogen-bond acceptors (Lipinski definition) is 2. The van der Waals surface area contributed by atoms with E-state index in [0.717, 1.165) is 14.9 Å². The van der Waals surface area contributed by atoms with Crippen LogP contribution in [0.15, 0.2) is 41.0 Å². The van der Waals surface area contributed by atoms with E-state index < -0.39 is 12.1 Å². The molecule has 1 aliphatic heterocycles. The summed E-state index contributed by atoms with van der Waals surface area (Å²) in [4.78, 5) is 23.6. The Labute approximate surface area is 107 Å². The van der Waals surface area contributed by atoms with Crippen molar-refractivity contribution in [2.75, 3.05) is 0 Å². The van der Waals surface area contributed by atoms with Gasteiger partial charge < -0.3 is 5.11 Å². The van der Waals surface area contributed by atoms with Crippen LogP contribution < -0.4 is 0 Å². The van der Waals surface area contributed by atoms with E-state index >= 15 is 0 Å². The quantitative estimate of drug-likeness (QED) is 0.866. The lowest BCUT2D eigenvalue weighted by molar-refractivity contribution is -0.116. The maximum absolute atomic E-state index is 11.4. The van der Waals surface area contributed by atoms with E-state index in [9.17, 15) is 9.59 Å². The third-order valence-electron chi connectivity index (χ3n) is 2.63. The molecule has 17 heavy (non-hydrogen) atoms.